The molecule has 0 aliphatic carbocycles. The van der Waals surface area contributed by atoms with E-state index in [1.807, 2.05) is 13.8 Å². The minimum Gasteiger partial charge on any atom is -0.490 e. The number of hydrogen-bond donors (Lipinski definition) is 3. The second-order valence-electron chi connectivity index (χ2n) is 6.78. The molecular formula is C19H29N3O6S. The highest BCUT2D eigenvalue weighted by Crippen LogP contribution is 2.31. The van der Waals surface area contributed by atoms with Crippen molar-refractivity contribution in [2.24, 2.45) is 0 Å². The second kappa shape index (κ2) is 11.0. The smallest absolute Gasteiger partial charge is 0.240 e. The third kappa shape index (κ3) is 7.54. The van der Waals surface area contributed by atoms with Crippen LogP contribution in [0.4, 0.5) is 0 Å². The van der Waals surface area contributed by atoms with Crippen LogP contribution in [0.1, 0.15) is 39.5 Å². The largest absolute Gasteiger partial charge is 0.490 e. The molecule has 1 heterocycles. The first kappa shape index (κ1) is 23.0. The zero-order chi connectivity index (χ0) is 21.3. The molecule has 0 aromatic heterocycles. The molecule has 1 aliphatic rings. The number of carbonyl (C=O) groups is 2. The number of rotatable bonds is 10. The molecule has 0 spiro atoms. The summed E-state index contributed by atoms with van der Waals surface area (Å²) in [6.07, 6.45) is 1.71. The van der Waals surface area contributed by atoms with Crippen LogP contribution in [0.15, 0.2) is 23.1 Å². The summed E-state index contributed by atoms with van der Waals surface area (Å²) in [6.45, 7) is 5.01. The van der Waals surface area contributed by atoms with E-state index in [0.717, 1.165) is 12.8 Å². The van der Waals surface area contributed by atoms with Gasteiger partial charge in [-0.25, -0.2) is 13.1 Å². The summed E-state index contributed by atoms with van der Waals surface area (Å²) in [6, 6.07) is 4.51. The van der Waals surface area contributed by atoms with Gasteiger partial charge in [-0.05, 0) is 25.5 Å². The minimum absolute atomic E-state index is 0.0310. The lowest BCUT2D eigenvalue weighted by atomic mass is 10.2. The Balaban J connectivity index is 1.75. The van der Waals surface area contributed by atoms with Crippen LogP contribution in [0.25, 0.3) is 0 Å². The van der Waals surface area contributed by atoms with Gasteiger partial charge in [0, 0.05) is 44.5 Å². The molecule has 1 aromatic carbocycles. The number of nitrogens with one attached hydrogen (secondary N) is 3. The first-order valence-electron chi connectivity index (χ1n) is 9.77. The van der Waals surface area contributed by atoms with E-state index in [1.165, 1.54) is 12.1 Å². The molecule has 1 atom stereocenters. The average molecular weight is 428 g/mol. The molecule has 1 unspecified atom stereocenters. The number of benzene rings is 1. The lowest BCUT2D eigenvalue weighted by Gasteiger charge is -2.12. The predicted molar refractivity (Wildman–Crippen MR) is 107 cm³/mol. The Morgan fingerprint density at radius 1 is 1.07 bits per heavy atom. The zero-order valence-corrected chi connectivity index (χ0v) is 17.6. The molecule has 2 amide bonds. The fourth-order valence-electron chi connectivity index (χ4n) is 2.55. The van der Waals surface area contributed by atoms with Gasteiger partial charge in [-0.2, -0.15) is 0 Å². The first-order valence-corrected chi connectivity index (χ1v) is 11.3. The van der Waals surface area contributed by atoms with Gasteiger partial charge in [0.2, 0.25) is 21.8 Å². The number of ether oxygens (including phenoxy) is 2. The van der Waals surface area contributed by atoms with Crippen molar-refractivity contribution < 1.29 is 27.5 Å². The Morgan fingerprint density at radius 2 is 1.76 bits per heavy atom. The minimum atomic E-state index is -3.78. The zero-order valence-electron chi connectivity index (χ0n) is 16.8. The molecule has 0 radical (unpaired) electrons. The molecule has 29 heavy (non-hydrogen) atoms. The van der Waals surface area contributed by atoms with Gasteiger partial charge in [-0.3, -0.25) is 9.59 Å². The fourth-order valence-corrected chi connectivity index (χ4v) is 3.59. The van der Waals surface area contributed by atoms with Crippen molar-refractivity contribution in [3.63, 3.8) is 0 Å². The van der Waals surface area contributed by atoms with Crippen molar-refractivity contribution >= 4 is 21.8 Å². The summed E-state index contributed by atoms with van der Waals surface area (Å²) in [4.78, 5) is 23.5. The summed E-state index contributed by atoms with van der Waals surface area (Å²) in [5.41, 5.74) is 0. The van der Waals surface area contributed by atoms with Crippen LogP contribution < -0.4 is 24.8 Å². The van der Waals surface area contributed by atoms with Crippen LogP contribution in [-0.4, -0.2) is 52.6 Å². The molecule has 0 saturated heterocycles. The van der Waals surface area contributed by atoms with Crippen molar-refractivity contribution in [2.45, 2.75) is 50.5 Å². The van der Waals surface area contributed by atoms with E-state index in [0.29, 0.717) is 24.7 Å². The predicted octanol–water partition coefficient (Wildman–Crippen LogP) is 0.937. The third-order valence-electron chi connectivity index (χ3n) is 4.37. The van der Waals surface area contributed by atoms with E-state index in [2.05, 4.69) is 15.4 Å². The maximum Gasteiger partial charge on any atom is 0.240 e. The van der Waals surface area contributed by atoms with Gasteiger partial charge >= 0.3 is 0 Å². The molecular weight excluding hydrogens is 398 g/mol. The summed E-state index contributed by atoms with van der Waals surface area (Å²) in [5.74, 6) is 0.439. The van der Waals surface area contributed by atoms with E-state index in [4.69, 9.17) is 9.47 Å². The number of hydrogen-bond acceptors (Lipinski definition) is 6. The molecule has 1 aliphatic heterocycles. The van der Waals surface area contributed by atoms with E-state index < -0.39 is 10.0 Å². The highest BCUT2D eigenvalue weighted by atomic mass is 32.2. The standard InChI is InChI=1S/C19H29N3O6S/c1-3-14(2)22-19(24)7-9-20-18(23)8-10-21-29(25,26)15-5-6-16-17(13-15)28-12-4-11-27-16/h5-6,13-14,21H,3-4,7-12H2,1-2H3,(H,20,23)(H,22,24). The lowest BCUT2D eigenvalue weighted by molar-refractivity contribution is -0.122. The van der Waals surface area contributed by atoms with Gasteiger partial charge in [0.05, 0.1) is 18.1 Å². The number of fused-ring (bicyclic) bond motifs is 1. The van der Waals surface area contributed by atoms with Gasteiger partial charge in [-0.1, -0.05) is 6.92 Å². The van der Waals surface area contributed by atoms with E-state index in [1.54, 1.807) is 6.07 Å². The summed E-state index contributed by atoms with van der Waals surface area (Å²) in [5, 5.41) is 5.42. The highest BCUT2D eigenvalue weighted by molar-refractivity contribution is 7.89. The average Bonchev–Trinajstić information content (AvgIpc) is 2.92. The molecule has 3 N–H and O–H groups in total. The summed E-state index contributed by atoms with van der Waals surface area (Å²) in [7, 11) is -3.78. The topological polar surface area (TPSA) is 123 Å². The maximum atomic E-state index is 12.4. The van der Waals surface area contributed by atoms with Crippen molar-refractivity contribution in [2.75, 3.05) is 26.3 Å². The van der Waals surface area contributed by atoms with Crippen molar-refractivity contribution in [3.05, 3.63) is 18.2 Å². The van der Waals surface area contributed by atoms with Crippen LogP contribution in [0, 0.1) is 0 Å². The van der Waals surface area contributed by atoms with Gasteiger partial charge < -0.3 is 20.1 Å². The molecule has 10 heteroatoms. The second-order valence-corrected chi connectivity index (χ2v) is 8.55. The van der Waals surface area contributed by atoms with E-state index in [9.17, 15) is 18.0 Å². The molecule has 2 rings (SSSR count). The van der Waals surface area contributed by atoms with Gasteiger partial charge in [-0.15, -0.1) is 0 Å². The molecule has 9 nitrogen and oxygen atoms in total. The van der Waals surface area contributed by atoms with Crippen molar-refractivity contribution in [3.8, 4) is 11.5 Å². The SMILES string of the molecule is CCC(C)NC(=O)CCNC(=O)CCNS(=O)(=O)c1ccc2c(c1)OCCCO2. The highest BCUT2D eigenvalue weighted by Gasteiger charge is 2.19. The molecule has 0 saturated carbocycles. The summed E-state index contributed by atoms with van der Waals surface area (Å²) >= 11 is 0. The Morgan fingerprint density at radius 3 is 2.48 bits per heavy atom. The maximum absolute atomic E-state index is 12.4. The summed E-state index contributed by atoms with van der Waals surface area (Å²) < 4.78 is 38.2. The van der Waals surface area contributed by atoms with Gasteiger partial charge in [0.25, 0.3) is 0 Å². The third-order valence-corrected chi connectivity index (χ3v) is 5.83. The number of sulfonamides is 1. The number of carbonyl (C=O) groups excluding carboxylic acids is 2. The molecule has 0 fully saturated rings. The normalized spacial score (nSPS) is 14.6. The van der Waals surface area contributed by atoms with E-state index >= 15 is 0 Å². The van der Waals surface area contributed by atoms with Crippen LogP contribution in [0.2, 0.25) is 0 Å². The Hall–Kier alpha value is -2.33. The van der Waals surface area contributed by atoms with Crippen molar-refractivity contribution in [1.82, 2.24) is 15.4 Å². The van der Waals surface area contributed by atoms with Crippen LogP contribution in [0.3, 0.4) is 0 Å². The van der Waals surface area contributed by atoms with Gasteiger partial charge in [0.15, 0.2) is 11.5 Å². The Kier molecular flexibility index (Phi) is 8.71. The quantitative estimate of drug-likeness (QED) is 0.511. The first-order chi connectivity index (χ1) is 13.8. The lowest BCUT2D eigenvalue weighted by Crippen LogP contribution is -2.36. The van der Waals surface area contributed by atoms with E-state index in [-0.39, 0.29) is 48.7 Å². The fraction of sp³-hybridized carbons (Fsp3) is 0.579. The molecule has 162 valence electrons. The Bertz CT molecular complexity index is 812. The monoisotopic (exact) mass is 427 g/mol. The number of amides is 2. The Labute approximate surface area is 171 Å². The molecule has 1 aromatic rings. The van der Waals surface area contributed by atoms with Crippen LogP contribution in [-0.2, 0) is 19.6 Å². The molecule has 0 bridgehead atoms. The van der Waals surface area contributed by atoms with Gasteiger partial charge in [0.1, 0.15) is 0 Å². The van der Waals surface area contributed by atoms with Crippen LogP contribution >= 0.6 is 0 Å². The van der Waals surface area contributed by atoms with Crippen molar-refractivity contribution in [1.29, 1.82) is 0 Å². The van der Waals surface area contributed by atoms with Crippen LogP contribution in [0.5, 0.6) is 11.5 Å².